The van der Waals surface area contributed by atoms with E-state index in [2.05, 4.69) is 38.2 Å². The predicted octanol–water partition coefficient (Wildman–Crippen LogP) is 2.77. The summed E-state index contributed by atoms with van der Waals surface area (Å²) in [5, 5.41) is 3.61. The van der Waals surface area contributed by atoms with Crippen molar-refractivity contribution >= 4 is 0 Å². The molecule has 1 aliphatic heterocycles. The SMILES string of the molecule is CCCNC(c1c(C)cc(C)cc1OC)C1COCCO1. The number of benzene rings is 1. The molecule has 4 nitrogen and oxygen atoms in total. The first-order chi connectivity index (χ1) is 10.2. The summed E-state index contributed by atoms with van der Waals surface area (Å²) in [4.78, 5) is 0. The minimum Gasteiger partial charge on any atom is -0.496 e. The number of nitrogens with one attached hydrogen (secondary N) is 1. The molecule has 0 spiro atoms. The van der Waals surface area contributed by atoms with Crippen LogP contribution in [0.15, 0.2) is 12.1 Å². The number of methoxy groups -OCH3 is 1. The Morgan fingerprint density at radius 1 is 1.33 bits per heavy atom. The second-order valence-electron chi connectivity index (χ2n) is 5.61. The van der Waals surface area contributed by atoms with Crippen molar-refractivity contribution in [2.75, 3.05) is 33.5 Å². The molecule has 1 N–H and O–H groups in total. The summed E-state index contributed by atoms with van der Waals surface area (Å²) in [5.74, 6) is 0.926. The highest BCUT2D eigenvalue weighted by molar-refractivity contribution is 5.45. The molecule has 1 heterocycles. The molecule has 0 aromatic heterocycles. The molecule has 118 valence electrons. The van der Waals surface area contributed by atoms with Gasteiger partial charge in [-0.3, -0.25) is 0 Å². The van der Waals surface area contributed by atoms with Crippen molar-refractivity contribution in [3.8, 4) is 5.75 Å². The number of hydrogen-bond acceptors (Lipinski definition) is 4. The number of rotatable bonds is 6. The number of hydrogen-bond donors (Lipinski definition) is 1. The van der Waals surface area contributed by atoms with Crippen LogP contribution in [0.2, 0.25) is 0 Å². The van der Waals surface area contributed by atoms with E-state index in [1.165, 1.54) is 16.7 Å². The first-order valence-corrected chi connectivity index (χ1v) is 7.75. The summed E-state index contributed by atoms with van der Waals surface area (Å²) in [5.41, 5.74) is 3.63. The van der Waals surface area contributed by atoms with Crippen molar-refractivity contribution in [1.29, 1.82) is 0 Å². The Morgan fingerprint density at radius 2 is 2.14 bits per heavy atom. The molecule has 0 radical (unpaired) electrons. The Hall–Kier alpha value is -1.10. The van der Waals surface area contributed by atoms with Gasteiger partial charge in [-0.25, -0.2) is 0 Å². The molecule has 2 unspecified atom stereocenters. The smallest absolute Gasteiger partial charge is 0.124 e. The zero-order valence-corrected chi connectivity index (χ0v) is 13.6. The number of ether oxygens (including phenoxy) is 3. The van der Waals surface area contributed by atoms with E-state index in [1.54, 1.807) is 7.11 Å². The lowest BCUT2D eigenvalue weighted by Gasteiger charge is -2.33. The summed E-state index contributed by atoms with van der Waals surface area (Å²) in [7, 11) is 1.73. The van der Waals surface area contributed by atoms with Crippen molar-refractivity contribution in [3.05, 3.63) is 28.8 Å². The van der Waals surface area contributed by atoms with Crippen LogP contribution in [0, 0.1) is 13.8 Å². The van der Waals surface area contributed by atoms with E-state index in [9.17, 15) is 0 Å². The van der Waals surface area contributed by atoms with Crippen LogP contribution < -0.4 is 10.1 Å². The van der Waals surface area contributed by atoms with Gasteiger partial charge in [0.05, 0.1) is 33.0 Å². The van der Waals surface area contributed by atoms with E-state index in [1.807, 2.05) is 0 Å². The summed E-state index contributed by atoms with van der Waals surface area (Å²) < 4.78 is 17.2. The van der Waals surface area contributed by atoms with Crippen molar-refractivity contribution < 1.29 is 14.2 Å². The molecule has 1 aromatic rings. The lowest BCUT2D eigenvalue weighted by Crippen LogP contribution is -2.41. The van der Waals surface area contributed by atoms with E-state index in [0.717, 1.165) is 18.7 Å². The largest absolute Gasteiger partial charge is 0.496 e. The van der Waals surface area contributed by atoms with Crippen LogP contribution in [-0.4, -0.2) is 39.6 Å². The van der Waals surface area contributed by atoms with Gasteiger partial charge in [0.15, 0.2) is 0 Å². The van der Waals surface area contributed by atoms with Gasteiger partial charge in [0.25, 0.3) is 0 Å². The van der Waals surface area contributed by atoms with Crippen molar-refractivity contribution in [1.82, 2.24) is 5.32 Å². The molecule has 1 fully saturated rings. The third kappa shape index (κ3) is 3.96. The van der Waals surface area contributed by atoms with Gasteiger partial charge < -0.3 is 19.5 Å². The lowest BCUT2D eigenvalue weighted by atomic mass is 9.94. The highest BCUT2D eigenvalue weighted by Gasteiger charge is 2.29. The van der Waals surface area contributed by atoms with Crippen LogP contribution in [-0.2, 0) is 9.47 Å². The summed E-state index contributed by atoms with van der Waals surface area (Å²) in [6.07, 6.45) is 1.11. The van der Waals surface area contributed by atoms with E-state index in [-0.39, 0.29) is 12.1 Å². The van der Waals surface area contributed by atoms with Gasteiger partial charge >= 0.3 is 0 Å². The van der Waals surface area contributed by atoms with Crippen molar-refractivity contribution in [2.24, 2.45) is 0 Å². The molecule has 21 heavy (non-hydrogen) atoms. The van der Waals surface area contributed by atoms with Crippen LogP contribution in [0.1, 0.15) is 36.1 Å². The predicted molar refractivity (Wildman–Crippen MR) is 84.1 cm³/mol. The third-order valence-electron chi connectivity index (χ3n) is 3.85. The minimum atomic E-state index is 0.0283. The molecule has 0 amide bonds. The molecule has 0 saturated carbocycles. The summed E-state index contributed by atoms with van der Waals surface area (Å²) >= 11 is 0. The molecule has 0 bridgehead atoms. The van der Waals surface area contributed by atoms with Crippen molar-refractivity contribution in [3.63, 3.8) is 0 Å². The van der Waals surface area contributed by atoms with E-state index >= 15 is 0 Å². The normalized spacial score (nSPS) is 20.3. The van der Waals surface area contributed by atoms with E-state index < -0.39 is 0 Å². The average Bonchev–Trinajstić information content (AvgIpc) is 2.49. The van der Waals surface area contributed by atoms with Gasteiger partial charge in [-0.1, -0.05) is 13.0 Å². The quantitative estimate of drug-likeness (QED) is 0.875. The molecular formula is C17H27NO3. The first-order valence-electron chi connectivity index (χ1n) is 7.75. The maximum absolute atomic E-state index is 5.93. The lowest BCUT2D eigenvalue weighted by molar-refractivity contribution is -0.102. The van der Waals surface area contributed by atoms with Gasteiger partial charge in [0.1, 0.15) is 11.9 Å². The molecule has 1 aromatic carbocycles. The Bertz CT molecular complexity index is 456. The third-order valence-corrected chi connectivity index (χ3v) is 3.85. The van der Waals surface area contributed by atoms with Crippen LogP contribution in [0.4, 0.5) is 0 Å². The van der Waals surface area contributed by atoms with Crippen LogP contribution >= 0.6 is 0 Å². The maximum Gasteiger partial charge on any atom is 0.124 e. The zero-order valence-electron chi connectivity index (χ0n) is 13.6. The first kappa shape index (κ1) is 16.3. The summed E-state index contributed by atoms with van der Waals surface area (Å²) in [6, 6.07) is 4.38. The van der Waals surface area contributed by atoms with Crippen LogP contribution in [0.5, 0.6) is 5.75 Å². The standard InChI is InChI=1S/C17H27NO3/c1-5-6-18-17(15-11-20-7-8-21-15)16-13(3)9-12(2)10-14(16)19-4/h9-10,15,17-18H,5-8,11H2,1-4H3. The molecule has 1 saturated heterocycles. The van der Waals surface area contributed by atoms with Crippen molar-refractivity contribution in [2.45, 2.75) is 39.3 Å². The minimum absolute atomic E-state index is 0.0283. The van der Waals surface area contributed by atoms with Gasteiger partial charge in [0, 0.05) is 5.56 Å². The molecular weight excluding hydrogens is 266 g/mol. The fourth-order valence-electron chi connectivity index (χ4n) is 2.92. The molecule has 4 heteroatoms. The second kappa shape index (κ2) is 7.78. The second-order valence-corrected chi connectivity index (χ2v) is 5.61. The van der Waals surface area contributed by atoms with Gasteiger partial charge in [0.2, 0.25) is 0 Å². The Labute approximate surface area is 127 Å². The Kier molecular flexibility index (Phi) is 6.03. The highest BCUT2D eigenvalue weighted by Crippen LogP contribution is 2.33. The highest BCUT2D eigenvalue weighted by atomic mass is 16.6. The fraction of sp³-hybridized carbons (Fsp3) is 0.647. The van der Waals surface area contributed by atoms with Crippen LogP contribution in [0.3, 0.4) is 0 Å². The van der Waals surface area contributed by atoms with Gasteiger partial charge in [-0.15, -0.1) is 0 Å². The topological polar surface area (TPSA) is 39.7 Å². The monoisotopic (exact) mass is 293 g/mol. The zero-order chi connectivity index (χ0) is 15.2. The fourth-order valence-corrected chi connectivity index (χ4v) is 2.92. The molecule has 0 aliphatic carbocycles. The van der Waals surface area contributed by atoms with E-state index in [4.69, 9.17) is 14.2 Å². The average molecular weight is 293 g/mol. The Balaban J connectivity index is 2.34. The molecule has 2 atom stereocenters. The van der Waals surface area contributed by atoms with Gasteiger partial charge in [-0.05, 0) is 44.0 Å². The molecule has 2 rings (SSSR count). The maximum atomic E-state index is 5.93. The molecule has 1 aliphatic rings. The van der Waals surface area contributed by atoms with E-state index in [0.29, 0.717) is 19.8 Å². The number of aryl methyl sites for hydroxylation is 2. The Morgan fingerprint density at radius 3 is 2.76 bits per heavy atom. The van der Waals surface area contributed by atoms with Crippen LogP contribution in [0.25, 0.3) is 0 Å². The summed E-state index contributed by atoms with van der Waals surface area (Å²) in [6.45, 7) is 9.30. The van der Waals surface area contributed by atoms with Gasteiger partial charge in [-0.2, -0.15) is 0 Å².